The quantitative estimate of drug-likeness (QED) is 0.822. The molecule has 3 amide bonds. The Labute approximate surface area is 181 Å². The summed E-state index contributed by atoms with van der Waals surface area (Å²) in [5.74, 6) is -0.390. The number of amides is 3. The third kappa shape index (κ3) is 2.11. The Bertz CT molecular complexity index is 1130. The summed E-state index contributed by atoms with van der Waals surface area (Å²) in [4.78, 5) is 45.8. The van der Waals surface area contributed by atoms with Gasteiger partial charge in [-0.3, -0.25) is 14.4 Å². The lowest BCUT2D eigenvalue weighted by molar-refractivity contribution is -0.132. The summed E-state index contributed by atoms with van der Waals surface area (Å²) < 4.78 is 0. The van der Waals surface area contributed by atoms with Crippen LogP contribution in [0.4, 0.5) is 11.4 Å². The minimum atomic E-state index is -1.20. The van der Waals surface area contributed by atoms with Crippen LogP contribution in [0.5, 0.6) is 0 Å². The number of hydrogen-bond donors (Lipinski definition) is 1. The highest BCUT2D eigenvalue weighted by Crippen LogP contribution is 2.65. The molecule has 1 fully saturated rings. The van der Waals surface area contributed by atoms with Crippen LogP contribution in [0, 0.1) is 0 Å². The monoisotopic (exact) mass is 418 g/mol. The van der Waals surface area contributed by atoms with Gasteiger partial charge in [-0.15, -0.1) is 0 Å². The number of fused-ring (bicyclic) bond motifs is 4. The van der Waals surface area contributed by atoms with Crippen molar-refractivity contribution in [3.05, 3.63) is 59.7 Å². The van der Waals surface area contributed by atoms with Crippen LogP contribution in [0.25, 0.3) is 0 Å². The first kappa shape index (κ1) is 19.6. The van der Waals surface area contributed by atoms with Crippen molar-refractivity contribution in [1.82, 2.24) is 10.2 Å². The van der Waals surface area contributed by atoms with E-state index in [1.165, 1.54) is 0 Å². The van der Waals surface area contributed by atoms with Crippen molar-refractivity contribution in [1.29, 1.82) is 0 Å². The van der Waals surface area contributed by atoms with Crippen LogP contribution in [0.2, 0.25) is 0 Å². The number of rotatable bonds is 3. The molecule has 1 saturated heterocycles. The van der Waals surface area contributed by atoms with Crippen LogP contribution >= 0.6 is 0 Å². The van der Waals surface area contributed by atoms with E-state index in [0.29, 0.717) is 0 Å². The smallest absolute Gasteiger partial charge is 0.239 e. The van der Waals surface area contributed by atoms with E-state index in [1.807, 2.05) is 55.6 Å². The second-order valence-electron chi connectivity index (χ2n) is 8.79. The molecule has 7 heteroatoms. The van der Waals surface area contributed by atoms with Crippen molar-refractivity contribution in [2.45, 2.75) is 29.8 Å². The molecule has 160 valence electrons. The predicted octanol–water partition coefficient (Wildman–Crippen LogP) is 1.61. The molecule has 7 nitrogen and oxygen atoms in total. The van der Waals surface area contributed by atoms with Gasteiger partial charge in [-0.05, 0) is 23.3 Å². The Balaban J connectivity index is 1.91. The van der Waals surface area contributed by atoms with Crippen molar-refractivity contribution in [2.24, 2.45) is 0 Å². The normalized spacial score (nSPS) is 28.6. The van der Waals surface area contributed by atoms with Gasteiger partial charge in [0.25, 0.3) is 0 Å². The Morgan fingerprint density at radius 1 is 0.968 bits per heavy atom. The zero-order chi connectivity index (χ0) is 22.1. The molecule has 0 radical (unpaired) electrons. The number of hydrogen-bond acceptors (Lipinski definition) is 4. The molecule has 5 rings (SSSR count). The van der Waals surface area contributed by atoms with Gasteiger partial charge in [-0.2, -0.15) is 0 Å². The molecule has 1 N–H and O–H groups in total. The van der Waals surface area contributed by atoms with Gasteiger partial charge in [0.15, 0.2) is 0 Å². The van der Waals surface area contributed by atoms with Crippen LogP contribution in [0.3, 0.4) is 0 Å². The summed E-state index contributed by atoms with van der Waals surface area (Å²) in [6.45, 7) is 0. The van der Waals surface area contributed by atoms with Gasteiger partial charge in [-0.25, -0.2) is 0 Å². The Morgan fingerprint density at radius 3 is 2.26 bits per heavy atom. The number of benzene rings is 2. The molecule has 3 heterocycles. The number of anilines is 2. The van der Waals surface area contributed by atoms with Gasteiger partial charge in [-0.1, -0.05) is 36.4 Å². The zero-order valence-electron chi connectivity index (χ0n) is 18.2. The summed E-state index contributed by atoms with van der Waals surface area (Å²) in [5.41, 5.74) is 1.44. The summed E-state index contributed by atoms with van der Waals surface area (Å²) >= 11 is 0. The number of para-hydroxylation sites is 2. The van der Waals surface area contributed by atoms with Crippen LogP contribution in [-0.2, 0) is 25.2 Å². The summed E-state index contributed by atoms with van der Waals surface area (Å²) in [7, 11) is 7.09. The molecule has 0 aliphatic carbocycles. The first-order chi connectivity index (χ1) is 14.8. The molecule has 0 bridgehead atoms. The number of likely N-dealkylation sites (tertiary alicyclic amines) is 1. The predicted molar refractivity (Wildman–Crippen MR) is 118 cm³/mol. The maximum atomic E-state index is 14.2. The largest absolute Gasteiger partial charge is 0.359 e. The van der Waals surface area contributed by atoms with Crippen molar-refractivity contribution in [3.8, 4) is 0 Å². The van der Waals surface area contributed by atoms with Crippen LogP contribution in [0.15, 0.2) is 48.5 Å². The van der Waals surface area contributed by atoms with Gasteiger partial charge < -0.3 is 20.0 Å². The average molecular weight is 418 g/mol. The lowest BCUT2D eigenvalue weighted by Crippen LogP contribution is -2.62. The zero-order valence-corrected chi connectivity index (χ0v) is 18.2. The molecule has 0 saturated carbocycles. The van der Waals surface area contributed by atoms with E-state index in [4.69, 9.17) is 0 Å². The topological polar surface area (TPSA) is 73.0 Å². The molecule has 0 spiro atoms. The van der Waals surface area contributed by atoms with Crippen LogP contribution < -0.4 is 15.1 Å². The van der Waals surface area contributed by atoms with E-state index in [9.17, 15) is 14.4 Å². The third-order valence-corrected chi connectivity index (χ3v) is 7.62. The first-order valence-electron chi connectivity index (χ1n) is 10.5. The van der Waals surface area contributed by atoms with Gasteiger partial charge >= 0.3 is 0 Å². The van der Waals surface area contributed by atoms with Crippen LogP contribution in [-0.4, -0.2) is 57.0 Å². The highest BCUT2D eigenvalue weighted by atomic mass is 16.2. The highest BCUT2D eigenvalue weighted by Gasteiger charge is 2.73. The number of carbonyl (C=O) groups is 3. The van der Waals surface area contributed by atoms with E-state index >= 15 is 0 Å². The number of carbonyl (C=O) groups excluding carboxylic acids is 3. The van der Waals surface area contributed by atoms with E-state index in [1.54, 1.807) is 30.9 Å². The van der Waals surface area contributed by atoms with Gasteiger partial charge in [0.05, 0.1) is 10.8 Å². The Hall–Kier alpha value is -3.35. The van der Waals surface area contributed by atoms with Crippen molar-refractivity contribution in [3.63, 3.8) is 0 Å². The fraction of sp³-hybridized carbons (Fsp3) is 0.375. The highest BCUT2D eigenvalue weighted by molar-refractivity contribution is 6.12. The van der Waals surface area contributed by atoms with E-state index in [2.05, 4.69) is 10.2 Å². The van der Waals surface area contributed by atoms with Crippen molar-refractivity contribution >= 4 is 29.1 Å². The second-order valence-corrected chi connectivity index (χ2v) is 8.79. The second kappa shape index (κ2) is 6.33. The molecule has 2 aromatic rings. The average Bonchev–Trinajstić information content (AvgIpc) is 3.29. The SMILES string of the molecule is CNC(=O)C[C@@]1([C@]23CC(=O)N(C)C2N(C)c2ccccc23)C(=O)N(C)c2ccccc21. The lowest BCUT2D eigenvalue weighted by atomic mass is 9.54. The molecular weight excluding hydrogens is 392 g/mol. The minimum absolute atomic E-state index is 0.0243. The summed E-state index contributed by atoms with van der Waals surface area (Å²) in [6.07, 6.45) is -0.227. The molecular formula is C24H26N4O3. The number of likely N-dealkylation sites (N-methyl/N-ethyl adjacent to an activating group) is 3. The molecule has 31 heavy (non-hydrogen) atoms. The molecule has 3 aliphatic rings. The third-order valence-electron chi connectivity index (χ3n) is 7.62. The maximum absolute atomic E-state index is 14.2. The number of nitrogens with zero attached hydrogens (tertiary/aromatic N) is 3. The summed E-state index contributed by atoms with van der Waals surface area (Å²) in [5, 5.41) is 2.72. The van der Waals surface area contributed by atoms with Crippen molar-refractivity contribution in [2.75, 3.05) is 38.0 Å². The Kier molecular flexibility index (Phi) is 4.00. The van der Waals surface area contributed by atoms with Crippen molar-refractivity contribution < 1.29 is 14.4 Å². The molecule has 1 unspecified atom stereocenters. The van der Waals surface area contributed by atoms with Gasteiger partial charge in [0.2, 0.25) is 17.7 Å². The minimum Gasteiger partial charge on any atom is -0.359 e. The molecule has 0 aromatic heterocycles. The van der Waals surface area contributed by atoms with Gasteiger partial charge in [0.1, 0.15) is 6.17 Å². The first-order valence-corrected chi connectivity index (χ1v) is 10.5. The Morgan fingerprint density at radius 2 is 1.58 bits per heavy atom. The lowest BCUT2D eigenvalue weighted by Gasteiger charge is -2.46. The van der Waals surface area contributed by atoms with Gasteiger partial charge in [0, 0.05) is 52.4 Å². The molecule has 3 atom stereocenters. The fourth-order valence-corrected chi connectivity index (χ4v) is 6.36. The maximum Gasteiger partial charge on any atom is 0.239 e. The van der Waals surface area contributed by atoms with E-state index < -0.39 is 10.8 Å². The van der Waals surface area contributed by atoms with E-state index in [-0.39, 0.29) is 36.7 Å². The van der Waals surface area contributed by atoms with E-state index in [0.717, 1.165) is 22.5 Å². The fourth-order valence-electron chi connectivity index (χ4n) is 6.36. The number of nitrogens with one attached hydrogen (secondary N) is 1. The summed E-state index contributed by atoms with van der Waals surface area (Å²) in [6, 6.07) is 15.6. The molecule has 3 aliphatic heterocycles. The molecule has 2 aromatic carbocycles. The standard InChI is InChI=1S/C24H26N4O3/c1-25-19(29)13-24(16-10-6-8-12-18(16)27(3)22(24)31)23-14-20(30)28(4)21(23)26(2)17-11-7-5-9-15(17)23/h5-12,21H,13-14H2,1-4H3,(H,25,29)/t21?,23-,24-/m0/s1. The van der Waals surface area contributed by atoms with Crippen LogP contribution in [0.1, 0.15) is 24.0 Å².